The van der Waals surface area contributed by atoms with Gasteiger partial charge in [-0.05, 0) is 52.0 Å². The number of halogens is 1. The van der Waals surface area contributed by atoms with Crippen LogP contribution in [0.5, 0.6) is 5.75 Å². The molecular weight excluding hydrogens is 401 g/mol. The Labute approximate surface area is 182 Å². The van der Waals surface area contributed by atoms with Gasteiger partial charge in [0.15, 0.2) is 6.61 Å². The molecule has 1 aliphatic rings. The molecule has 1 aliphatic heterocycles. The van der Waals surface area contributed by atoms with Gasteiger partial charge >= 0.3 is 0 Å². The third-order valence-electron chi connectivity index (χ3n) is 5.00. The highest BCUT2D eigenvalue weighted by Crippen LogP contribution is 2.21. The summed E-state index contributed by atoms with van der Waals surface area (Å²) >= 11 is 0. The van der Waals surface area contributed by atoms with Gasteiger partial charge in [-0.15, -0.1) is 0 Å². The van der Waals surface area contributed by atoms with Crippen LogP contribution in [0.4, 0.5) is 10.2 Å². The van der Waals surface area contributed by atoms with Gasteiger partial charge in [0, 0.05) is 32.2 Å². The summed E-state index contributed by atoms with van der Waals surface area (Å²) in [7, 11) is 0. The zero-order chi connectivity index (χ0) is 22.6. The topological polar surface area (TPSA) is 79.7 Å². The van der Waals surface area contributed by atoms with E-state index >= 15 is 0 Å². The molecule has 1 fully saturated rings. The van der Waals surface area contributed by atoms with Gasteiger partial charge in [0.05, 0.1) is 17.8 Å². The minimum atomic E-state index is -0.350. The SMILES string of the molecule is Cc1cc(NC(=O)CN2CCN(C(=O)COc3ccc(F)cc3)CC2)n(C(C)(C)C)n1. The van der Waals surface area contributed by atoms with Gasteiger partial charge in [0.2, 0.25) is 5.91 Å². The van der Waals surface area contributed by atoms with Crippen molar-refractivity contribution in [2.75, 3.05) is 44.6 Å². The largest absolute Gasteiger partial charge is 0.484 e. The lowest BCUT2D eigenvalue weighted by Gasteiger charge is -2.34. The van der Waals surface area contributed by atoms with Crippen LogP contribution < -0.4 is 10.1 Å². The van der Waals surface area contributed by atoms with E-state index in [-0.39, 0.29) is 36.3 Å². The fraction of sp³-hybridized carbons (Fsp3) is 0.500. The standard InChI is InChI=1S/C22H30FN5O3/c1-16-13-19(28(25-16)22(2,3)4)24-20(29)14-26-9-11-27(12-10-26)21(30)15-31-18-7-5-17(23)6-8-18/h5-8,13H,9-12,14-15H2,1-4H3,(H,24,29). The number of anilines is 1. The average molecular weight is 432 g/mol. The van der Waals surface area contributed by atoms with Gasteiger partial charge in [-0.1, -0.05) is 0 Å². The summed E-state index contributed by atoms with van der Waals surface area (Å²) in [6, 6.07) is 7.43. The number of hydrogen-bond acceptors (Lipinski definition) is 5. The number of nitrogens with one attached hydrogen (secondary N) is 1. The Hall–Kier alpha value is -2.94. The number of rotatable bonds is 6. The highest BCUT2D eigenvalue weighted by molar-refractivity contribution is 5.91. The monoisotopic (exact) mass is 431 g/mol. The Morgan fingerprint density at radius 3 is 2.39 bits per heavy atom. The summed E-state index contributed by atoms with van der Waals surface area (Å²) in [5.74, 6) is 0.552. The molecule has 2 aromatic rings. The molecule has 0 bridgehead atoms. The number of benzene rings is 1. The summed E-state index contributed by atoms with van der Waals surface area (Å²) in [5.41, 5.74) is 0.610. The van der Waals surface area contributed by atoms with E-state index in [2.05, 4.69) is 10.4 Å². The normalized spacial score (nSPS) is 15.1. The van der Waals surface area contributed by atoms with Crippen LogP contribution in [-0.2, 0) is 15.1 Å². The summed E-state index contributed by atoms with van der Waals surface area (Å²) in [5, 5.41) is 7.42. The summed E-state index contributed by atoms with van der Waals surface area (Å²) < 4.78 is 20.2. The second kappa shape index (κ2) is 9.47. The number of ether oxygens (including phenoxy) is 1. The van der Waals surface area contributed by atoms with E-state index in [1.165, 1.54) is 24.3 Å². The fourth-order valence-electron chi connectivity index (χ4n) is 3.41. The van der Waals surface area contributed by atoms with Gasteiger partial charge in [-0.3, -0.25) is 14.5 Å². The molecule has 0 saturated carbocycles. The van der Waals surface area contributed by atoms with Crippen LogP contribution in [0.2, 0.25) is 0 Å². The molecule has 8 nitrogen and oxygen atoms in total. The molecule has 2 heterocycles. The lowest BCUT2D eigenvalue weighted by Crippen LogP contribution is -2.51. The Bertz CT molecular complexity index is 912. The average Bonchev–Trinajstić information content (AvgIpc) is 3.08. The van der Waals surface area contributed by atoms with Crippen LogP contribution in [-0.4, -0.2) is 70.7 Å². The molecule has 0 radical (unpaired) electrons. The molecule has 1 aromatic carbocycles. The number of carbonyl (C=O) groups excluding carboxylic acids is 2. The zero-order valence-electron chi connectivity index (χ0n) is 18.5. The van der Waals surface area contributed by atoms with E-state index in [0.29, 0.717) is 37.7 Å². The van der Waals surface area contributed by atoms with E-state index in [4.69, 9.17) is 4.74 Å². The Morgan fingerprint density at radius 2 is 1.77 bits per heavy atom. The lowest BCUT2D eigenvalue weighted by molar-refractivity contribution is -0.135. The first-order valence-electron chi connectivity index (χ1n) is 10.4. The highest BCUT2D eigenvalue weighted by atomic mass is 19.1. The number of hydrogen-bond donors (Lipinski definition) is 1. The maximum Gasteiger partial charge on any atom is 0.260 e. The van der Waals surface area contributed by atoms with E-state index in [0.717, 1.165) is 5.69 Å². The molecule has 1 saturated heterocycles. The molecule has 9 heteroatoms. The maximum atomic E-state index is 12.9. The predicted molar refractivity (Wildman–Crippen MR) is 116 cm³/mol. The second-order valence-corrected chi connectivity index (χ2v) is 8.70. The molecule has 31 heavy (non-hydrogen) atoms. The first-order valence-corrected chi connectivity index (χ1v) is 10.4. The second-order valence-electron chi connectivity index (χ2n) is 8.70. The van der Waals surface area contributed by atoms with Gasteiger partial charge in [0.25, 0.3) is 5.91 Å². The van der Waals surface area contributed by atoms with Crippen LogP contribution in [0, 0.1) is 12.7 Å². The molecule has 1 aromatic heterocycles. The molecule has 2 amide bonds. The number of nitrogens with zero attached hydrogens (tertiary/aromatic N) is 4. The minimum Gasteiger partial charge on any atom is -0.484 e. The van der Waals surface area contributed by atoms with Gasteiger partial charge < -0.3 is 15.0 Å². The molecule has 3 rings (SSSR count). The maximum absolute atomic E-state index is 12.9. The van der Waals surface area contributed by atoms with E-state index in [1.807, 2.05) is 43.3 Å². The minimum absolute atomic E-state index is 0.0950. The summed E-state index contributed by atoms with van der Waals surface area (Å²) in [4.78, 5) is 28.6. The van der Waals surface area contributed by atoms with E-state index < -0.39 is 0 Å². The highest BCUT2D eigenvalue weighted by Gasteiger charge is 2.24. The Morgan fingerprint density at radius 1 is 1.13 bits per heavy atom. The van der Waals surface area contributed by atoms with Crippen LogP contribution in [0.1, 0.15) is 26.5 Å². The van der Waals surface area contributed by atoms with Crippen molar-refractivity contribution in [2.45, 2.75) is 33.2 Å². The van der Waals surface area contributed by atoms with Crippen LogP contribution in [0.3, 0.4) is 0 Å². The van der Waals surface area contributed by atoms with Gasteiger partial charge in [-0.25, -0.2) is 9.07 Å². The molecule has 1 N–H and O–H groups in total. The third-order valence-corrected chi connectivity index (χ3v) is 5.00. The molecule has 168 valence electrons. The number of aryl methyl sites for hydroxylation is 1. The van der Waals surface area contributed by atoms with Crippen LogP contribution >= 0.6 is 0 Å². The third kappa shape index (κ3) is 6.27. The van der Waals surface area contributed by atoms with E-state index in [9.17, 15) is 14.0 Å². The Balaban J connectivity index is 1.44. The molecule has 0 spiro atoms. The van der Waals surface area contributed by atoms with Crippen molar-refractivity contribution >= 4 is 17.6 Å². The van der Waals surface area contributed by atoms with Crippen LogP contribution in [0.25, 0.3) is 0 Å². The van der Waals surface area contributed by atoms with Gasteiger partial charge in [-0.2, -0.15) is 5.10 Å². The van der Waals surface area contributed by atoms with Gasteiger partial charge in [0.1, 0.15) is 17.4 Å². The molecule has 0 unspecified atom stereocenters. The fourth-order valence-corrected chi connectivity index (χ4v) is 3.41. The zero-order valence-corrected chi connectivity index (χ0v) is 18.5. The van der Waals surface area contributed by atoms with Crippen LogP contribution in [0.15, 0.2) is 30.3 Å². The number of carbonyl (C=O) groups is 2. The van der Waals surface area contributed by atoms with Crippen molar-refractivity contribution in [3.8, 4) is 5.75 Å². The quantitative estimate of drug-likeness (QED) is 0.759. The number of amides is 2. The first kappa shape index (κ1) is 22.7. The Kier molecular flexibility index (Phi) is 6.94. The van der Waals surface area contributed by atoms with Crippen molar-refractivity contribution in [1.29, 1.82) is 0 Å². The molecule has 0 aliphatic carbocycles. The lowest BCUT2D eigenvalue weighted by atomic mass is 10.1. The van der Waals surface area contributed by atoms with Crippen molar-refractivity contribution < 1.29 is 18.7 Å². The molecule has 0 atom stereocenters. The predicted octanol–water partition coefficient (Wildman–Crippen LogP) is 2.25. The number of piperazine rings is 1. The van der Waals surface area contributed by atoms with Crippen molar-refractivity contribution in [3.63, 3.8) is 0 Å². The summed E-state index contributed by atoms with van der Waals surface area (Å²) in [6.07, 6.45) is 0. The smallest absolute Gasteiger partial charge is 0.260 e. The van der Waals surface area contributed by atoms with Crippen molar-refractivity contribution in [1.82, 2.24) is 19.6 Å². The molecular formula is C22H30FN5O3. The summed E-state index contributed by atoms with van der Waals surface area (Å²) in [6.45, 7) is 10.4. The number of aromatic nitrogens is 2. The van der Waals surface area contributed by atoms with Crippen molar-refractivity contribution in [2.24, 2.45) is 0 Å². The van der Waals surface area contributed by atoms with E-state index in [1.54, 1.807) is 4.90 Å². The first-order chi connectivity index (χ1) is 14.6. The van der Waals surface area contributed by atoms with Crippen molar-refractivity contribution in [3.05, 3.63) is 41.8 Å².